The summed E-state index contributed by atoms with van der Waals surface area (Å²) in [6, 6.07) is 0. The van der Waals surface area contributed by atoms with Gasteiger partial charge in [0.15, 0.2) is 0 Å². The van der Waals surface area contributed by atoms with E-state index in [0.29, 0.717) is 0 Å². The summed E-state index contributed by atoms with van der Waals surface area (Å²) in [6.07, 6.45) is 8.40. The van der Waals surface area contributed by atoms with Crippen LogP contribution in [0, 0.1) is 12.8 Å². The van der Waals surface area contributed by atoms with Gasteiger partial charge < -0.3 is 4.57 Å². The molecule has 0 amide bonds. The molecule has 1 aliphatic heterocycles. The molecule has 0 radical (unpaired) electrons. The molecule has 1 aliphatic rings. The third kappa shape index (κ3) is 3.42. The third-order valence-electron chi connectivity index (χ3n) is 3.79. The Morgan fingerprint density at radius 1 is 1.37 bits per heavy atom. The minimum absolute atomic E-state index is 0.794. The van der Waals surface area contributed by atoms with Crippen molar-refractivity contribution in [1.82, 2.24) is 19.4 Å². The van der Waals surface area contributed by atoms with Crippen LogP contribution in [0.25, 0.3) is 0 Å². The molecule has 5 heteroatoms. The van der Waals surface area contributed by atoms with Gasteiger partial charge in [-0.2, -0.15) is 0 Å². The van der Waals surface area contributed by atoms with Gasteiger partial charge in [0, 0.05) is 30.9 Å². The first-order valence-corrected chi connectivity index (χ1v) is 7.76. The van der Waals surface area contributed by atoms with Crippen molar-refractivity contribution < 1.29 is 0 Å². The lowest BCUT2D eigenvalue weighted by atomic mass is 9.96. The predicted molar refractivity (Wildman–Crippen MR) is 77.1 cm³/mol. The number of aryl methyl sites for hydroxylation is 1. The molecular formula is C14H20N4S. The van der Waals surface area contributed by atoms with Crippen LogP contribution in [0.3, 0.4) is 0 Å². The zero-order chi connectivity index (χ0) is 13.1. The van der Waals surface area contributed by atoms with Crippen LogP contribution in [0.4, 0.5) is 0 Å². The fourth-order valence-corrected chi connectivity index (χ4v) is 3.33. The topological polar surface area (TPSA) is 34.0 Å². The second kappa shape index (κ2) is 5.84. The first-order chi connectivity index (χ1) is 9.29. The third-order valence-corrected chi connectivity index (χ3v) is 4.61. The summed E-state index contributed by atoms with van der Waals surface area (Å²) >= 11 is 1.75. The van der Waals surface area contributed by atoms with Crippen LogP contribution in [0.5, 0.6) is 0 Å². The maximum atomic E-state index is 4.55. The number of hydrogen-bond donors (Lipinski definition) is 0. The Kier molecular flexibility index (Phi) is 3.94. The molecule has 0 unspecified atom stereocenters. The van der Waals surface area contributed by atoms with Crippen molar-refractivity contribution in [1.29, 1.82) is 0 Å². The summed E-state index contributed by atoms with van der Waals surface area (Å²) in [6.45, 7) is 6.59. The predicted octanol–water partition coefficient (Wildman–Crippen LogP) is 2.56. The number of imidazole rings is 1. The van der Waals surface area contributed by atoms with Gasteiger partial charge in [-0.15, -0.1) is 11.3 Å². The molecule has 102 valence electrons. The highest BCUT2D eigenvalue weighted by molar-refractivity contribution is 7.09. The highest BCUT2D eigenvalue weighted by Crippen LogP contribution is 2.21. The van der Waals surface area contributed by atoms with Crippen LogP contribution in [0.2, 0.25) is 0 Å². The van der Waals surface area contributed by atoms with E-state index < -0.39 is 0 Å². The number of nitrogens with zero attached hydrogens (tertiary/aromatic N) is 4. The average Bonchev–Trinajstić information content (AvgIpc) is 3.04. The van der Waals surface area contributed by atoms with Crippen molar-refractivity contribution in [2.75, 3.05) is 13.1 Å². The average molecular weight is 276 g/mol. The summed E-state index contributed by atoms with van der Waals surface area (Å²) in [5.74, 6) is 0.794. The first kappa shape index (κ1) is 12.8. The Morgan fingerprint density at radius 3 is 2.84 bits per heavy atom. The highest BCUT2D eigenvalue weighted by atomic mass is 32.1. The molecule has 19 heavy (non-hydrogen) atoms. The van der Waals surface area contributed by atoms with Gasteiger partial charge in [0.05, 0.1) is 17.0 Å². The summed E-state index contributed by atoms with van der Waals surface area (Å²) in [7, 11) is 0. The standard InChI is InChI=1S/C14H20N4S/c1-12-16-14(10-19-12)9-17-5-2-13(3-6-17)8-18-7-4-15-11-18/h4,7,10-11,13H,2-3,5-6,8-9H2,1H3. The second-order valence-corrected chi connectivity index (χ2v) is 6.40. The SMILES string of the molecule is Cc1nc(CN2CCC(Cn3ccnc3)CC2)cs1. The van der Waals surface area contributed by atoms with Crippen LogP contribution in [-0.4, -0.2) is 32.5 Å². The Bertz CT molecular complexity index is 497. The number of hydrogen-bond acceptors (Lipinski definition) is 4. The second-order valence-electron chi connectivity index (χ2n) is 5.34. The molecule has 0 aromatic carbocycles. The first-order valence-electron chi connectivity index (χ1n) is 6.89. The smallest absolute Gasteiger partial charge is 0.0945 e. The van der Waals surface area contributed by atoms with Gasteiger partial charge >= 0.3 is 0 Å². The fraction of sp³-hybridized carbons (Fsp3) is 0.571. The summed E-state index contributed by atoms with van der Waals surface area (Å²) in [4.78, 5) is 11.2. The van der Waals surface area contributed by atoms with Crippen LogP contribution >= 0.6 is 11.3 Å². The van der Waals surface area contributed by atoms with Crippen molar-refractivity contribution >= 4 is 11.3 Å². The van der Waals surface area contributed by atoms with Crippen molar-refractivity contribution in [3.63, 3.8) is 0 Å². The van der Waals surface area contributed by atoms with Gasteiger partial charge in [-0.25, -0.2) is 9.97 Å². The fourth-order valence-electron chi connectivity index (χ4n) is 2.73. The Balaban J connectivity index is 1.46. The van der Waals surface area contributed by atoms with Gasteiger partial charge in [0.1, 0.15) is 0 Å². The van der Waals surface area contributed by atoms with Gasteiger partial charge in [0.25, 0.3) is 0 Å². The minimum Gasteiger partial charge on any atom is -0.337 e. The molecule has 0 N–H and O–H groups in total. The molecule has 1 saturated heterocycles. The van der Waals surface area contributed by atoms with Crippen molar-refractivity contribution in [2.24, 2.45) is 5.92 Å². The van der Waals surface area contributed by atoms with E-state index in [1.165, 1.54) is 36.6 Å². The summed E-state index contributed by atoms with van der Waals surface area (Å²) in [5, 5.41) is 3.36. The van der Waals surface area contributed by atoms with Crippen molar-refractivity contribution in [2.45, 2.75) is 32.9 Å². The highest BCUT2D eigenvalue weighted by Gasteiger charge is 2.19. The van der Waals surface area contributed by atoms with Crippen molar-refractivity contribution in [3.8, 4) is 0 Å². The van der Waals surface area contributed by atoms with E-state index in [1.54, 1.807) is 11.3 Å². The van der Waals surface area contributed by atoms with Gasteiger partial charge in [-0.1, -0.05) is 0 Å². The number of thiazole rings is 1. The van der Waals surface area contributed by atoms with Crippen molar-refractivity contribution in [3.05, 3.63) is 34.8 Å². The molecule has 3 rings (SSSR count). The van der Waals surface area contributed by atoms with Gasteiger partial charge in [-0.05, 0) is 38.8 Å². The van der Waals surface area contributed by atoms with E-state index in [-0.39, 0.29) is 0 Å². The van der Waals surface area contributed by atoms with E-state index in [1.807, 2.05) is 12.5 Å². The van der Waals surface area contributed by atoms with E-state index in [2.05, 4.69) is 37.9 Å². The zero-order valence-corrected chi connectivity index (χ0v) is 12.1. The largest absolute Gasteiger partial charge is 0.337 e. The maximum absolute atomic E-state index is 4.55. The number of aromatic nitrogens is 3. The van der Waals surface area contributed by atoms with E-state index in [0.717, 1.165) is 19.0 Å². The molecule has 0 bridgehead atoms. The van der Waals surface area contributed by atoms with E-state index >= 15 is 0 Å². The maximum Gasteiger partial charge on any atom is 0.0945 e. The molecular weight excluding hydrogens is 256 g/mol. The van der Waals surface area contributed by atoms with Crippen LogP contribution in [0.15, 0.2) is 24.1 Å². The summed E-state index contributed by atoms with van der Waals surface area (Å²) in [5.41, 5.74) is 1.23. The molecule has 2 aromatic heterocycles. The molecule has 0 saturated carbocycles. The van der Waals surface area contributed by atoms with Gasteiger partial charge in [-0.3, -0.25) is 4.90 Å². The lowest BCUT2D eigenvalue weighted by molar-refractivity contribution is 0.166. The minimum atomic E-state index is 0.794. The Morgan fingerprint density at radius 2 is 2.21 bits per heavy atom. The van der Waals surface area contributed by atoms with Crippen LogP contribution < -0.4 is 0 Å². The Labute approximate surface area is 118 Å². The molecule has 4 nitrogen and oxygen atoms in total. The lowest BCUT2D eigenvalue weighted by Crippen LogP contribution is -2.34. The zero-order valence-electron chi connectivity index (χ0n) is 11.3. The van der Waals surface area contributed by atoms with Crippen LogP contribution in [-0.2, 0) is 13.1 Å². The molecule has 2 aromatic rings. The monoisotopic (exact) mass is 276 g/mol. The van der Waals surface area contributed by atoms with E-state index in [4.69, 9.17) is 0 Å². The Hall–Kier alpha value is -1.20. The van der Waals surface area contributed by atoms with Gasteiger partial charge in [0.2, 0.25) is 0 Å². The normalized spacial score (nSPS) is 17.9. The molecule has 3 heterocycles. The lowest BCUT2D eigenvalue weighted by Gasteiger charge is -2.31. The molecule has 1 fully saturated rings. The molecule has 0 spiro atoms. The number of likely N-dealkylation sites (tertiary alicyclic amines) is 1. The van der Waals surface area contributed by atoms with Crippen LogP contribution in [0.1, 0.15) is 23.5 Å². The quantitative estimate of drug-likeness (QED) is 0.860. The number of piperidine rings is 1. The summed E-state index contributed by atoms with van der Waals surface area (Å²) < 4.78 is 2.20. The molecule has 0 aliphatic carbocycles. The molecule has 0 atom stereocenters. The van der Waals surface area contributed by atoms with E-state index in [9.17, 15) is 0 Å². The number of rotatable bonds is 4.